The van der Waals surface area contributed by atoms with Gasteiger partial charge in [-0.2, -0.15) is 0 Å². The van der Waals surface area contributed by atoms with E-state index in [1.165, 1.54) is 5.06 Å². The molecule has 0 unspecified atom stereocenters. The van der Waals surface area contributed by atoms with Gasteiger partial charge in [0.2, 0.25) is 6.41 Å². The van der Waals surface area contributed by atoms with E-state index in [2.05, 4.69) is 0 Å². The first-order valence-corrected chi connectivity index (χ1v) is 4.95. The average molecular weight is 208 g/mol. The molecule has 0 fully saturated rings. The third-order valence-corrected chi connectivity index (χ3v) is 1.97. The Bertz CT molecular complexity index is 309. The largest absolute Gasteiger partial charge is 1.00 e. The molecule has 0 saturated heterocycles. The van der Waals surface area contributed by atoms with E-state index in [1.807, 2.05) is 51.1 Å². The predicted molar refractivity (Wildman–Crippen MR) is 60.0 cm³/mol. The number of amides is 1. The maximum absolute atomic E-state index is 10.8. The minimum atomic E-state index is -0.309. The van der Waals surface area contributed by atoms with Gasteiger partial charge < -0.3 is 0 Å². The van der Waals surface area contributed by atoms with Gasteiger partial charge in [0.25, 0.3) is 0 Å². The minimum absolute atomic E-state index is 0. The molecule has 3 nitrogen and oxygen atoms in total. The van der Waals surface area contributed by atoms with Gasteiger partial charge in [-0.05, 0) is 26.3 Å². The number of hydrogen-bond donors (Lipinski definition) is 0. The van der Waals surface area contributed by atoms with Crippen LogP contribution in [-0.4, -0.2) is 17.0 Å². The highest BCUT2D eigenvalue weighted by atomic mass is 16.7. The number of carbonyl (C=O) groups excluding carboxylic acids is 1. The van der Waals surface area contributed by atoms with Gasteiger partial charge in [0, 0.05) is 0 Å². The summed E-state index contributed by atoms with van der Waals surface area (Å²) in [4.78, 5) is 16.2. The molecule has 0 atom stereocenters. The third-order valence-electron chi connectivity index (χ3n) is 1.97. The molecule has 0 radical (unpaired) electrons. The molecule has 82 valence electrons. The Kier molecular flexibility index (Phi) is 3.86. The highest BCUT2D eigenvalue weighted by Gasteiger charge is 2.20. The van der Waals surface area contributed by atoms with Crippen LogP contribution in [0.4, 0.5) is 0 Å². The molecular weight excluding hydrogens is 190 g/mol. The van der Waals surface area contributed by atoms with Gasteiger partial charge in [-0.25, -0.2) is 5.06 Å². The molecule has 0 aliphatic heterocycles. The van der Waals surface area contributed by atoms with Crippen molar-refractivity contribution >= 4 is 6.41 Å². The highest BCUT2D eigenvalue weighted by Crippen LogP contribution is 2.13. The summed E-state index contributed by atoms with van der Waals surface area (Å²) in [6, 6.07) is 9.77. The summed E-state index contributed by atoms with van der Waals surface area (Å²) >= 11 is 0. The molecule has 1 rings (SSSR count). The van der Waals surface area contributed by atoms with Crippen molar-refractivity contribution in [3.63, 3.8) is 0 Å². The Labute approximate surface area is 92.1 Å². The molecule has 0 N–H and O–H groups in total. The molecule has 0 aromatic heterocycles. The Morgan fingerprint density at radius 3 is 2.40 bits per heavy atom. The normalized spacial score (nSPS) is 11.1. The number of nitrogens with zero attached hydrogens (tertiary/aromatic N) is 1. The Morgan fingerprint density at radius 2 is 1.93 bits per heavy atom. The number of hydroxylamine groups is 2. The monoisotopic (exact) mass is 208 g/mol. The van der Waals surface area contributed by atoms with E-state index in [9.17, 15) is 4.79 Å². The zero-order valence-corrected chi connectivity index (χ0v) is 9.43. The van der Waals surface area contributed by atoms with Crippen molar-refractivity contribution in [3.05, 3.63) is 35.9 Å². The topological polar surface area (TPSA) is 29.5 Å². The third kappa shape index (κ3) is 3.72. The number of benzene rings is 1. The van der Waals surface area contributed by atoms with Gasteiger partial charge in [-0.3, -0.25) is 9.63 Å². The number of carbonyl (C=O) groups is 1. The summed E-state index contributed by atoms with van der Waals surface area (Å²) < 4.78 is 0. The summed E-state index contributed by atoms with van der Waals surface area (Å²) in [5.41, 5.74) is 0.741. The summed E-state index contributed by atoms with van der Waals surface area (Å²) in [6.07, 6.45) is 0.711. The summed E-state index contributed by atoms with van der Waals surface area (Å²) in [6.45, 7) is 6.18. The molecule has 15 heavy (non-hydrogen) atoms. The van der Waals surface area contributed by atoms with Crippen LogP contribution in [0.3, 0.4) is 0 Å². The van der Waals surface area contributed by atoms with Gasteiger partial charge in [-0.15, -0.1) is 0 Å². The lowest BCUT2D eigenvalue weighted by molar-refractivity contribution is -0.207. The Morgan fingerprint density at radius 1 is 1.33 bits per heavy atom. The molecule has 0 aliphatic rings. The van der Waals surface area contributed by atoms with Gasteiger partial charge in [0.15, 0.2) is 0 Å². The van der Waals surface area contributed by atoms with Crippen LogP contribution < -0.4 is 0 Å². The molecule has 1 aromatic carbocycles. The highest BCUT2D eigenvalue weighted by molar-refractivity contribution is 5.46. The molecule has 0 bridgehead atoms. The van der Waals surface area contributed by atoms with Crippen LogP contribution in [0.15, 0.2) is 30.3 Å². The van der Waals surface area contributed by atoms with Crippen molar-refractivity contribution in [3.8, 4) is 0 Å². The second kappa shape index (κ2) is 4.94. The maximum Gasteiger partial charge on any atom is 1.00 e. The van der Waals surface area contributed by atoms with Crippen molar-refractivity contribution in [2.45, 2.75) is 32.9 Å². The van der Waals surface area contributed by atoms with Gasteiger partial charge >= 0.3 is 1.43 Å². The van der Waals surface area contributed by atoms with E-state index >= 15 is 0 Å². The van der Waals surface area contributed by atoms with E-state index in [0.29, 0.717) is 13.0 Å². The number of hydrogen-bond acceptors (Lipinski definition) is 2. The van der Waals surface area contributed by atoms with E-state index < -0.39 is 0 Å². The van der Waals surface area contributed by atoms with Crippen molar-refractivity contribution in [2.75, 3.05) is 0 Å². The van der Waals surface area contributed by atoms with Crippen LogP contribution in [0.1, 0.15) is 27.8 Å². The zero-order valence-electron chi connectivity index (χ0n) is 10.4. The van der Waals surface area contributed by atoms with Crippen LogP contribution in [0.5, 0.6) is 0 Å². The fourth-order valence-electron chi connectivity index (χ4n) is 1.10. The fraction of sp³-hybridized carbons (Fsp3) is 0.417. The summed E-state index contributed by atoms with van der Waals surface area (Å²) in [5.74, 6) is 0. The second-order valence-electron chi connectivity index (χ2n) is 4.36. The van der Waals surface area contributed by atoms with Crippen LogP contribution in [0, 0.1) is 0 Å². The van der Waals surface area contributed by atoms with E-state index in [1.54, 1.807) is 0 Å². The second-order valence-corrected chi connectivity index (χ2v) is 4.36. The molecular formula is C12H18NO2+. The maximum atomic E-state index is 10.8. The lowest BCUT2D eigenvalue weighted by Crippen LogP contribution is -2.40. The molecule has 0 heterocycles. The van der Waals surface area contributed by atoms with Crippen LogP contribution in [0.25, 0.3) is 0 Å². The van der Waals surface area contributed by atoms with Gasteiger partial charge in [0.1, 0.15) is 6.61 Å². The van der Waals surface area contributed by atoms with E-state index in [0.717, 1.165) is 5.56 Å². The van der Waals surface area contributed by atoms with Crippen molar-refractivity contribution in [1.29, 1.82) is 0 Å². The molecule has 3 heteroatoms. The summed E-state index contributed by atoms with van der Waals surface area (Å²) in [7, 11) is 0. The van der Waals surface area contributed by atoms with Gasteiger partial charge in [-0.1, -0.05) is 30.3 Å². The molecule has 1 amide bonds. The molecule has 0 aliphatic carbocycles. The smallest absolute Gasteiger partial charge is 0.276 e. The minimum Gasteiger partial charge on any atom is -0.276 e. The first-order valence-electron chi connectivity index (χ1n) is 4.95. The van der Waals surface area contributed by atoms with Crippen LogP contribution in [0.2, 0.25) is 0 Å². The Hall–Kier alpha value is -1.35. The van der Waals surface area contributed by atoms with Crippen LogP contribution in [-0.2, 0) is 16.2 Å². The SMILES string of the molecule is CC(C)(C)N(C=O)OCc1ccccc1.[H+]. The quantitative estimate of drug-likeness (QED) is 0.562. The van der Waals surface area contributed by atoms with Crippen LogP contribution >= 0.6 is 0 Å². The lowest BCUT2D eigenvalue weighted by atomic mass is 10.1. The van der Waals surface area contributed by atoms with Crippen molar-refractivity contribution < 1.29 is 11.1 Å². The van der Waals surface area contributed by atoms with Crippen molar-refractivity contribution in [2.24, 2.45) is 0 Å². The molecule has 0 spiro atoms. The summed E-state index contributed by atoms with van der Waals surface area (Å²) in [5, 5.41) is 1.33. The average Bonchev–Trinajstić information content (AvgIpc) is 2.18. The zero-order chi connectivity index (χ0) is 11.3. The first kappa shape index (κ1) is 11.7. The fourth-order valence-corrected chi connectivity index (χ4v) is 1.10. The van der Waals surface area contributed by atoms with Crippen molar-refractivity contribution in [1.82, 2.24) is 5.06 Å². The molecule has 0 saturated carbocycles. The number of rotatable bonds is 4. The first-order chi connectivity index (χ1) is 7.04. The Balaban J connectivity index is 0.00000225. The molecule has 1 aromatic rings. The lowest BCUT2D eigenvalue weighted by Gasteiger charge is -2.30. The predicted octanol–water partition coefficient (Wildman–Crippen LogP) is 2.49. The van der Waals surface area contributed by atoms with E-state index in [-0.39, 0.29) is 6.97 Å². The van der Waals surface area contributed by atoms with E-state index in [4.69, 9.17) is 4.84 Å². The van der Waals surface area contributed by atoms with Gasteiger partial charge in [0.05, 0.1) is 5.54 Å². The standard InChI is InChI=1S/C12H17NO2/c1-12(2,3)13(10-14)15-9-11-7-5-4-6-8-11/h4-8,10H,9H2,1-3H3/p+1.